The molecule has 2 heterocycles. The van der Waals surface area contributed by atoms with E-state index in [0.29, 0.717) is 29.9 Å². The van der Waals surface area contributed by atoms with Gasteiger partial charge in [0.05, 0.1) is 11.1 Å². The minimum absolute atomic E-state index is 0.0428. The minimum Gasteiger partial charge on any atom is -0.287 e. The van der Waals surface area contributed by atoms with Crippen LogP contribution in [0, 0.1) is 5.92 Å². The first-order chi connectivity index (χ1) is 12.4. The average molecular weight is 416 g/mol. The molecule has 1 aliphatic carbocycles. The standard InChI is InChI=1S/C17H25N3O3S3/c1-4-20-16(21)14-12-7-6-11(3)10-13(12)25-15(14)19-17(20)24-9-8-18-26(22,23)5-2/h11,18H,4-10H2,1-3H3. The van der Waals surface area contributed by atoms with Gasteiger partial charge in [0, 0.05) is 23.7 Å². The third kappa shape index (κ3) is 4.00. The van der Waals surface area contributed by atoms with E-state index in [4.69, 9.17) is 4.98 Å². The number of nitrogens with one attached hydrogen (secondary N) is 1. The molecule has 9 heteroatoms. The molecule has 0 aliphatic heterocycles. The summed E-state index contributed by atoms with van der Waals surface area (Å²) in [6, 6.07) is 0. The van der Waals surface area contributed by atoms with Gasteiger partial charge in [-0.05, 0) is 44.6 Å². The Bertz CT molecular complexity index is 963. The molecule has 3 rings (SSSR count). The molecule has 0 fully saturated rings. The van der Waals surface area contributed by atoms with Crippen LogP contribution in [0.1, 0.15) is 37.6 Å². The summed E-state index contributed by atoms with van der Waals surface area (Å²) >= 11 is 3.08. The summed E-state index contributed by atoms with van der Waals surface area (Å²) < 4.78 is 27.3. The fraction of sp³-hybridized carbons (Fsp3) is 0.647. The summed E-state index contributed by atoms with van der Waals surface area (Å²) in [5.41, 5.74) is 1.25. The molecule has 2 aromatic heterocycles. The first-order valence-corrected chi connectivity index (χ1v) is 12.5. The van der Waals surface area contributed by atoms with Crippen molar-refractivity contribution >= 4 is 43.3 Å². The van der Waals surface area contributed by atoms with Crippen LogP contribution in [0.2, 0.25) is 0 Å². The van der Waals surface area contributed by atoms with E-state index in [-0.39, 0.29) is 11.3 Å². The molecule has 1 N–H and O–H groups in total. The van der Waals surface area contributed by atoms with Crippen LogP contribution in [0.4, 0.5) is 0 Å². The molecule has 0 saturated heterocycles. The van der Waals surface area contributed by atoms with Crippen LogP contribution in [-0.2, 0) is 29.4 Å². The Morgan fingerprint density at radius 2 is 2.15 bits per heavy atom. The molecule has 144 valence electrons. The zero-order valence-corrected chi connectivity index (χ0v) is 17.8. The molecule has 0 aromatic carbocycles. The molecule has 1 unspecified atom stereocenters. The maximum atomic E-state index is 13.0. The lowest BCUT2D eigenvalue weighted by atomic mass is 9.89. The molecule has 1 aliphatic rings. The predicted molar refractivity (Wildman–Crippen MR) is 109 cm³/mol. The van der Waals surface area contributed by atoms with Gasteiger partial charge >= 0.3 is 0 Å². The third-order valence-corrected chi connectivity index (χ3v) is 8.26. The van der Waals surface area contributed by atoms with Crippen LogP contribution in [0.5, 0.6) is 0 Å². The van der Waals surface area contributed by atoms with E-state index in [1.54, 1.807) is 22.8 Å². The number of nitrogens with zero attached hydrogens (tertiary/aromatic N) is 2. The number of thiophene rings is 1. The van der Waals surface area contributed by atoms with Gasteiger partial charge in [0.2, 0.25) is 10.0 Å². The van der Waals surface area contributed by atoms with Crippen molar-refractivity contribution in [2.24, 2.45) is 5.92 Å². The largest absolute Gasteiger partial charge is 0.287 e. The van der Waals surface area contributed by atoms with Crippen molar-refractivity contribution in [1.82, 2.24) is 14.3 Å². The van der Waals surface area contributed by atoms with Crippen molar-refractivity contribution in [1.29, 1.82) is 0 Å². The fourth-order valence-electron chi connectivity index (χ4n) is 3.24. The van der Waals surface area contributed by atoms with Gasteiger partial charge < -0.3 is 0 Å². The predicted octanol–water partition coefficient (Wildman–Crippen LogP) is 2.63. The summed E-state index contributed by atoms with van der Waals surface area (Å²) in [6.07, 6.45) is 3.12. The first kappa shape index (κ1) is 19.9. The highest BCUT2D eigenvalue weighted by Gasteiger charge is 2.24. The van der Waals surface area contributed by atoms with Crippen LogP contribution >= 0.6 is 23.1 Å². The summed E-state index contributed by atoms with van der Waals surface area (Å²) in [6.45, 7) is 6.70. The van der Waals surface area contributed by atoms with Crippen molar-refractivity contribution in [2.45, 2.75) is 51.7 Å². The summed E-state index contributed by atoms with van der Waals surface area (Å²) in [4.78, 5) is 19.9. The Hall–Kier alpha value is -0.900. The van der Waals surface area contributed by atoms with Crippen molar-refractivity contribution in [3.05, 3.63) is 20.8 Å². The van der Waals surface area contributed by atoms with Crippen LogP contribution < -0.4 is 10.3 Å². The summed E-state index contributed by atoms with van der Waals surface area (Å²) in [5, 5.41) is 1.47. The maximum absolute atomic E-state index is 13.0. The van der Waals surface area contributed by atoms with E-state index in [9.17, 15) is 13.2 Å². The normalized spacial score (nSPS) is 17.6. The molecule has 26 heavy (non-hydrogen) atoms. The van der Waals surface area contributed by atoms with E-state index in [1.165, 1.54) is 22.2 Å². The van der Waals surface area contributed by atoms with Gasteiger partial charge in [-0.3, -0.25) is 9.36 Å². The van der Waals surface area contributed by atoms with Gasteiger partial charge in [0.15, 0.2) is 5.16 Å². The highest BCUT2D eigenvalue weighted by molar-refractivity contribution is 7.99. The number of aromatic nitrogens is 2. The molecule has 2 aromatic rings. The Balaban J connectivity index is 1.88. The molecule has 0 radical (unpaired) electrons. The Morgan fingerprint density at radius 3 is 2.85 bits per heavy atom. The molecule has 6 nitrogen and oxygen atoms in total. The van der Waals surface area contributed by atoms with Gasteiger partial charge in [-0.25, -0.2) is 18.1 Å². The van der Waals surface area contributed by atoms with E-state index in [0.717, 1.165) is 29.5 Å². The van der Waals surface area contributed by atoms with Crippen molar-refractivity contribution in [2.75, 3.05) is 18.1 Å². The van der Waals surface area contributed by atoms with Gasteiger partial charge in [-0.15, -0.1) is 11.3 Å². The van der Waals surface area contributed by atoms with E-state index in [1.807, 2.05) is 6.92 Å². The Kier molecular flexibility index (Phi) is 6.11. The zero-order valence-electron chi connectivity index (χ0n) is 15.4. The number of hydrogen-bond donors (Lipinski definition) is 1. The van der Waals surface area contributed by atoms with E-state index >= 15 is 0 Å². The van der Waals surface area contributed by atoms with Crippen LogP contribution in [0.15, 0.2) is 9.95 Å². The Morgan fingerprint density at radius 1 is 1.38 bits per heavy atom. The van der Waals surface area contributed by atoms with Gasteiger partial charge in [0.1, 0.15) is 4.83 Å². The van der Waals surface area contributed by atoms with Gasteiger partial charge in [-0.1, -0.05) is 18.7 Å². The fourth-order valence-corrected chi connectivity index (χ4v) is 6.32. The number of fused-ring (bicyclic) bond motifs is 3. The van der Waals surface area contributed by atoms with Gasteiger partial charge in [-0.2, -0.15) is 0 Å². The van der Waals surface area contributed by atoms with Crippen molar-refractivity contribution < 1.29 is 8.42 Å². The second-order valence-corrected chi connectivity index (χ2v) is 10.9. The van der Waals surface area contributed by atoms with Crippen LogP contribution in [-0.4, -0.2) is 36.0 Å². The first-order valence-electron chi connectivity index (χ1n) is 9.01. The minimum atomic E-state index is -3.19. The number of sulfonamides is 1. The second kappa shape index (κ2) is 8.00. The van der Waals surface area contributed by atoms with Crippen LogP contribution in [0.3, 0.4) is 0 Å². The second-order valence-electron chi connectivity index (χ2n) is 6.62. The van der Waals surface area contributed by atoms with E-state index in [2.05, 4.69) is 11.6 Å². The van der Waals surface area contributed by atoms with Crippen molar-refractivity contribution in [3.8, 4) is 0 Å². The lowest BCUT2D eigenvalue weighted by Gasteiger charge is -2.17. The molecule has 0 amide bonds. The topological polar surface area (TPSA) is 81.1 Å². The molecule has 1 atom stereocenters. The Labute approximate surface area is 162 Å². The number of rotatable bonds is 7. The average Bonchev–Trinajstić information content (AvgIpc) is 2.96. The summed E-state index contributed by atoms with van der Waals surface area (Å²) in [7, 11) is -3.19. The molecular weight excluding hydrogens is 390 g/mol. The lowest BCUT2D eigenvalue weighted by molar-refractivity contribution is 0.509. The number of hydrogen-bond acceptors (Lipinski definition) is 6. The third-order valence-electron chi connectivity index (χ3n) is 4.73. The summed E-state index contributed by atoms with van der Waals surface area (Å²) in [5.74, 6) is 1.27. The van der Waals surface area contributed by atoms with Gasteiger partial charge in [0.25, 0.3) is 5.56 Å². The van der Waals surface area contributed by atoms with Crippen LogP contribution in [0.25, 0.3) is 10.2 Å². The zero-order chi connectivity index (χ0) is 18.9. The quantitative estimate of drug-likeness (QED) is 0.427. The lowest BCUT2D eigenvalue weighted by Crippen LogP contribution is -2.28. The molecule has 0 saturated carbocycles. The highest BCUT2D eigenvalue weighted by atomic mass is 32.2. The van der Waals surface area contributed by atoms with Crippen molar-refractivity contribution in [3.63, 3.8) is 0 Å². The number of aryl methyl sites for hydroxylation is 1. The van der Waals surface area contributed by atoms with E-state index < -0.39 is 10.0 Å². The monoisotopic (exact) mass is 415 g/mol. The SMILES string of the molecule is CCn1c(SCCNS(=O)(=O)CC)nc2sc3c(c2c1=O)CCC(C)C3. The number of thioether (sulfide) groups is 1. The maximum Gasteiger partial charge on any atom is 0.263 e. The molecule has 0 bridgehead atoms. The smallest absolute Gasteiger partial charge is 0.263 e. The molecule has 0 spiro atoms. The highest BCUT2D eigenvalue weighted by Crippen LogP contribution is 2.36. The molecular formula is C17H25N3O3S3.